The molecule has 23 heavy (non-hydrogen) atoms. The summed E-state index contributed by atoms with van der Waals surface area (Å²) in [7, 11) is 0. The predicted molar refractivity (Wildman–Crippen MR) is 92.9 cm³/mol. The Kier molecular flexibility index (Phi) is 3.66. The Morgan fingerprint density at radius 3 is 2.78 bits per heavy atom. The lowest BCUT2D eigenvalue weighted by Crippen LogP contribution is -2.17. The first-order valence-corrected chi connectivity index (χ1v) is 8.31. The third-order valence-electron chi connectivity index (χ3n) is 4.44. The molecule has 1 atom stereocenters. The summed E-state index contributed by atoms with van der Waals surface area (Å²) in [6.07, 6.45) is 3.02. The number of ether oxygens (including phenoxy) is 2. The van der Waals surface area contributed by atoms with Gasteiger partial charge in [-0.15, -0.1) is 0 Å². The van der Waals surface area contributed by atoms with E-state index >= 15 is 0 Å². The molecule has 1 aliphatic heterocycles. The average Bonchev–Trinajstić information content (AvgIpc) is 3.01. The lowest BCUT2D eigenvalue weighted by atomic mass is 9.88. The minimum atomic E-state index is 0.209. The lowest BCUT2D eigenvalue weighted by Gasteiger charge is -2.25. The van der Waals surface area contributed by atoms with E-state index in [0.29, 0.717) is 13.2 Å². The fourth-order valence-corrected chi connectivity index (χ4v) is 3.70. The van der Waals surface area contributed by atoms with E-state index in [1.54, 1.807) is 0 Å². The van der Waals surface area contributed by atoms with Crippen LogP contribution in [0.1, 0.15) is 30.4 Å². The van der Waals surface area contributed by atoms with Crippen molar-refractivity contribution in [2.24, 2.45) is 0 Å². The summed E-state index contributed by atoms with van der Waals surface area (Å²) in [5.41, 5.74) is 3.43. The molecule has 4 rings (SSSR count). The van der Waals surface area contributed by atoms with Crippen molar-refractivity contribution in [2.45, 2.75) is 19.3 Å². The van der Waals surface area contributed by atoms with Crippen molar-refractivity contribution in [1.82, 2.24) is 4.98 Å². The Hall–Kier alpha value is -2.13. The molecule has 1 aliphatic rings. The maximum atomic E-state index is 6.46. The molecule has 0 aliphatic carbocycles. The number of hydrogen-bond acceptors (Lipinski definition) is 2. The summed E-state index contributed by atoms with van der Waals surface area (Å²) in [5.74, 6) is 1.91. The number of aromatic nitrogens is 1. The molecule has 2 aromatic carbocycles. The Morgan fingerprint density at radius 1 is 1.09 bits per heavy atom. The number of hydrogen-bond donors (Lipinski definition) is 1. The maximum absolute atomic E-state index is 6.46. The first-order chi connectivity index (χ1) is 11.3. The smallest absolute Gasteiger partial charge is 0.165 e. The van der Waals surface area contributed by atoms with Gasteiger partial charge in [0.2, 0.25) is 0 Å². The van der Waals surface area contributed by atoms with E-state index in [9.17, 15) is 0 Å². The van der Waals surface area contributed by atoms with E-state index in [2.05, 4.69) is 30.2 Å². The second-order valence-corrected chi connectivity index (χ2v) is 6.15. The average molecular weight is 328 g/mol. The number of benzene rings is 2. The molecule has 0 spiro atoms. The van der Waals surface area contributed by atoms with Crippen LogP contribution < -0.4 is 9.47 Å². The van der Waals surface area contributed by atoms with Crippen molar-refractivity contribution < 1.29 is 9.47 Å². The van der Waals surface area contributed by atoms with Gasteiger partial charge in [-0.25, -0.2) is 0 Å². The summed E-state index contributed by atoms with van der Waals surface area (Å²) >= 11 is 6.46. The molecule has 1 unspecified atom stereocenters. The standard InChI is InChI=1S/C19H18ClNO2/c1-2-12(13-5-3-8-17-19(13)23-10-9-22-17)14-11-21-16-7-4-6-15(20)18(14)16/h3-8,11-12,21H,2,9-10H2,1H3. The SMILES string of the molecule is CCC(c1cccc2c1OCCO2)c1c[nH]c2cccc(Cl)c12. The fourth-order valence-electron chi connectivity index (χ4n) is 3.42. The molecule has 0 saturated carbocycles. The summed E-state index contributed by atoms with van der Waals surface area (Å²) in [6.45, 7) is 3.38. The van der Waals surface area contributed by atoms with Crippen LogP contribution in [0, 0.1) is 0 Å². The lowest BCUT2D eigenvalue weighted by molar-refractivity contribution is 0.169. The largest absolute Gasteiger partial charge is 0.486 e. The van der Waals surface area contributed by atoms with Gasteiger partial charge >= 0.3 is 0 Å². The minimum Gasteiger partial charge on any atom is -0.486 e. The fraction of sp³-hybridized carbons (Fsp3) is 0.263. The summed E-state index contributed by atoms with van der Waals surface area (Å²) in [5, 5.41) is 1.87. The van der Waals surface area contributed by atoms with Crippen molar-refractivity contribution >= 4 is 22.5 Å². The number of nitrogens with one attached hydrogen (secondary N) is 1. The second kappa shape index (κ2) is 5.82. The molecule has 0 saturated heterocycles. The first kappa shape index (κ1) is 14.5. The summed E-state index contributed by atoms with van der Waals surface area (Å²) in [4.78, 5) is 3.34. The molecule has 4 heteroatoms. The van der Waals surface area contributed by atoms with E-state index in [1.165, 1.54) is 5.56 Å². The van der Waals surface area contributed by atoms with Crippen molar-refractivity contribution in [3.8, 4) is 11.5 Å². The van der Waals surface area contributed by atoms with Gasteiger partial charge in [0.05, 0.1) is 5.02 Å². The summed E-state index contributed by atoms with van der Waals surface area (Å²) in [6, 6.07) is 12.1. The van der Waals surface area contributed by atoms with Crippen molar-refractivity contribution in [3.63, 3.8) is 0 Å². The van der Waals surface area contributed by atoms with E-state index in [4.69, 9.17) is 21.1 Å². The number of halogens is 1. The highest BCUT2D eigenvalue weighted by atomic mass is 35.5. The van der Waals surface area contributed by atoms with Crippen LogP contribution in [0.5, 0.6) is 11.5 Å². The van der Waals surface area contributed by atoms with Gasteiger partial charge in [0.25, 0.3) is 0 Å². The van der Waals surface area contributed by atoms with Crippen LogP contribution in [0.25, 0.3) is 10.9 Å². The molecule has 0 amide bonds. The molecule has 0 bridgehead atoms. The molecule has 0 radical (unpaired) electrons. The molecule has 1 N–H and O–H groups in total. The van der Waals surface area contributed by atoms with Gasteiger partial charge in [-0.3, -0.25) is 0 Å². The van der Waals surface area contributed by atoms with Crippen molar-refractivity contribution in [2.75, 3.05) is 13.2 Å². The van der Waals surface area contributed by atoms with Crippen LogP contribution in [-0.4, -0.2) is 18.2 Å². The van der Waals surface area contributed by atoms with E-state index in [1.807, 2.05) is 24.3 Å². The van der Waals surface area contributed by atoms with Gasteiger partial charge in [0.1, 0.15) is 13.2 Å². The molecule has 118 valence electrons. The van der Waals surface area contributed by atoms with E-state index in [-0.39, 0.29) is 5.92 Å². The first-order valence-electron chi connectivity index (χ1n) is 7.93. The van der Waals surface area contributed by atoms with Crippen LogP contribution in [0.3, 0.4) is 0 Å². The Morgan fingerprint density at radius 2 is 1.91 bits per heavy atom. The maximum Gasteiger partial charge on any atom is 0.165 e. The normalized spacial score (nSPS) is 14.9. The molecule has 3 aromatic rings. The van der Waals surface area contributed by atoms with Crippen LogP contribution in [0.4, 0.5) is 0 Å². The zero-order chi connectivity index (χ0) is 15.8. The van der Waals surface area contributed by atoms with E-state index < -0.39 is 0 Å². The Balaban J connectivity index is 1.89. The third-order valence-corrected chi connectivity index (χ3v) is 4.76. The monoisotopic (exact) mass is 327 g/mol. The Bertz CT molecular complexity index is 856. The number of fused-ring (bicyclic) bond motifs is 2. The number of rotatable bonds is 3. The highest BCUT2D eigenvalue weighted by molar-refractivity contribution is 6.35. The molecule has 2 heterocycles. The number of H-pyrrole nitrogens is 1. The third kappa shape index (κ3) is 2.36. The van der Waals surface area contributed by atoms with E-state index in [0.717, 1.165) is 39.4 Å². The van der Waals surface area contributed by atoms with Crippen LogP contribution >= 0.6 is 11.6 Å². The second-order valence-electron chi connectivity index (χ2n) is 5.74. The number of para-hydroxylation sites is 1. The van der Waals surface area contributed by atoms with Gasteiger partial charge in [-0.1, -0.05) is 36.7 Å². The zero-order valence-electron chi connectivity index (χ0n) is 12.9. The van der Waals surface area contributed by atoms with Gasteiger partial charge in [0, 0.05) is 28.6 Å². The summed E-state index contributed by atoms with van der Waals surface area (Å²) < 4.78 is 11.6. The van der Waals surface area contributed by atoms with Crippen molar-refractivity contribution in [3.05, 3.63) is 58.7 Å². The predicted octanol–water partition coefficient (Wildman–Crippen LogP) is 5.13. The zero-order valence-corrected chi connectivity index (χ0v) is 13.7. The van der Waals surface area contributed by atoms with Crippen LogP contribution in [0.2, 0.25) is 5.02 Å². The molecule has 3 nitrogen and oxygen atoms in total. The highest BCUT2D eigenvalue weighted by Gasteiger charge is 2.24. The van der Waals surface area contributed by atoms with Crippen molar-refractivity contribution in [1.29, 1.82) is 0 Å². The van der Waals surface area contributed by atoms with Gasteiger partial charge < -0.3 is 14.5 Å². The highest BCUT2D eigenvalue weighted by Crippen LogP contribution is 2.43. The van der Waals surface area contributed by atoms with Crippen LogP contribution in [-0.2, 0) is 0 Å². The molecular formula is C19H18ClNO2. The number of aromatic amines is 1. The molecule has 0 fully saturated rings. The van der Waals surface area contributed by atoms with Crippen LogP contribution in [0.15, 0.2) is 42.6 Å². The molecular weight excluding hydrogens is 310 g/mol. The van der Waals surface area contributed by atoms with Gasteiger partial charge in [-0.2, -0.15) is 0 Å². The topological polar surface area (TPSA) is 34.2 Å². The quantitative estimate of drug-likeness (QED) is 0.723. The minimum absolute atomic E-state index is 0.209. The van der Waals surface area contributed by atoms with Gasteiger partial charge in [0.15, 0.2) is 11.5 Å². The van der Waals surface area contributed by atoms with Gasteiger partial charge in [-0.05, 0) is 30.2 Å². The molecule has 1 aromatic heterocycles. The Labute approximate surface area is 140 Å².